The molecule has 2 unspecified atom stereocenters. The normalized spacial score (nSPS) is 29.3. The zero-order valence-corrected chi connectivity index (χ0v) is 31.8. The summed E-state index contributed by atoms with van der Waals surface area (Å²) in [6.07, 6.45) is 11.2. The topological polar surface area (TPSA) is 0 Å². The molecule has 2 aromatic carbocycles. The van der Waals surface area contributed by atoms with E-state index in [9.17, 15) is 0 Å². The van der Waals surface area contributed by atoms with Crippen LogP contribution in [0.5, 0.6) is 0 Å². The first kappa shape index (κ1) is 23.0. The van der Waals surface area contributed by atoms with E-state index in [1.165, 1.54) is 25.7 Å². The van der Waals surface area contributed by atoms with Crippen LogP contribution in [0.1, 0.15) is 92.1 Å². The van der Waals surface area contributed by atoms with Crippen molar-refractivity contribution in [3.05, 3.63) is 80.9 Å². The average Bonchev–Trinajstić information content (AvgIpc) is 3.70. The first-order chi connectivity index (χ1) is 16.4. The van der Waals surface area contributed by atoms with Crippen molar-refractivity contribution < 1.29 is 17.1 Å². The second-order valence-corrected chi connectivity index (χ2v) is 113. The Hall–Kier alpha value is -0.125. The molecule has 1 heterocycles. The SMILES string of the molecule is CC1=Cc2c(C3CC3)cccc2[CH]1[Hf]([CH3])([CH3])([CH]1C(C)=Cc2c(C3CC3)cccc21)=[Si]1[SiH2][SiH2][SiH2][SiH2]1. The Labute approximate surface area is 215 Å². The quantitative estimate of drug-likeness (QED) is 0.420. The third-order valence-corrected chi connectivity index (χ3v) is 246. The Morgan fingerprint density at radius 2 is 1.09 bits per heavy atom. The van der Waals surface area contributed by atoms with Crippen molar-refractivity contribution in [3.8, 4) is 0 Å². The summed E-state index contributed by atoms with van der Waals surface area (Å²) in [5.41, 5.74) is 14.1. The Bertz CT molecular complexity index is 1270. The first-order valence-electron chi connectivity index (χ1n) is 14.0. The van der Waals surface area contributed by atoms with Gasteiger partial charge in [-0.05, 0) is 0 Å². The molecule has 0 spiro atoms. The molecule has 0 aromatic heterocycles. The van der Waals surface area contributed by atoms with E-state index in [-0.39, 0.29) is 4.53 Å². The van der Waals surface area contributed by atoms with Gasteiger partial charge in [-0.2, -0.15) is 0 Å². The monoisotopic (exact) mass is 696 g/mol. The zero-order chi connectivity index (χ0) is 23.3. The molecule has 5 aliphatic rings. The number of fused-ring (bicyclic) bond motifs is 2. The third kappa shape index (κ3) is 3.24. The van der Waals surface area contributed by atoms with E-state index in [1.54, 1.807) is 33.4 Å². The van der Waals surface area contributed by atoms with Crippen LogP contribution in [0.15, 0.2) is 47.5 Å². The minimum absolute atomic E-state index is 0.0432. The number of hydrogen-bond acceptors (Lipinski definition) is 0. The number of benzene rings is 2. The number of allylic oxidation sites excluding steroid dienone is 2. The molecular formula is C28H40HfSi5. The molecule has 2 atom stereocenters. The second-order valence-electron chi connectivity index (χ2n) is 13.3. The van der Waals surface area contributed by atoms with Gasteiger partial charge in [0, 0.05) is 0 Å². The van der Waals surface area contributed by atoms with E-state index in [0.29, 0.717) is 34.2 Å². The molecule has 176 valence electrons. The maximum atomic E-state index is 3.10. The Morgan fingerprint density at radius 3 is 1.50 bits per heavy atom. The van der Waals surface area contributed by atoms with E-state index in [2.05, 4.69) is 71.8 Å². The van der Waals surface area contributed by atoms with Crippen molar-refractivity contribution in [2.75, 3.05) is 0 Å². The summed E-state index contributed by atoms with van der Waals surface area (Å²) in [5.74, 6) is 1.74. The molecule has 0 N–H and O–H groups in total. The van der Waals surface area contributed by atoms with Crippen LogP contribution < -0.4 is 0 Å². The molecule has 0 nitrogen and oxygen atoms in total. The summed E-state index contributed by atoms with van der Waals surface area (Å²) in [4.78, 5) is 0. The molecule has 0 amide bonds. The molecule has 2 aromatic rings. The Kier molecular flexibility index (Phi) is 5.37. The number of rotatable bonds is 4. The van der Waals surface area contributed by atoms with Gasteiger partial charge in [0.2, 0.25) is 0 Å². The summed E-state index contributed by atoms with van der Waals surface area (Å²) in [6.45, 7) is 5.16. The average molecular weight is 696 g/mol. The van der Waals surface area contributed by atoms with Crippen molar-refractivity contribution in [1.82, 2.24) is 0 Å². The maximum absolute atomic E-state index is 3.40. The fourth-order valence-corrected chi connectivity index (χ4v) is 507. The van der Waals surface area contributed by atoms with Crippen LogP contribution in [0.2, 0.25) is 9.36 Å². The Balaban J connectivity index is 1.50. The van der Waals surface area contributed by atoms with Crippen molar-refractivity contribution in [2.24, 2.45) is 0 Å². The van der Waals surface area contributed by atoms with Crippen LogP contribution >= 0.6 is 0 Å². The molecule has 1 saturated heterocycles. The van der Waals surface area contributed by atoms with E-state index in [4.69, 9.17) is 0 Å². The fraction of sp³-hybridized carbons (Fsp3) is 0.429. The predicted molar refractivity (Wildman–Crippen MR) is 161 cm³/mol. The van der Waals surface area contributed by atoms with Crippen molar-refractivity contribution in [3.63, 3.8) is 0 Å². The van der Waals surface area contributed by atoms with Crippen LogP contribution in [0.3, 0.4) is 0 Å². The summed E-state index contributed by atoms with van der Waals surface area (Å²) < 4.78 is 7.97. The summed E-state index contributed by atoms with van der Waals surface area (Å²) in [6, 6.07) is 15.1. The molecule has 34 heavy (non-hydrogen) atoms. The molecule has 4 aliphatic carbocycles. The van der Waals surface area contributed by atoms with Gasteiger partial charge in [0.05, 0.1) is 0 Å². The van der Waals surface area contributed by atoms with E-state index < -0.39 is 17.1 Å². The minimum atomic E-state index is -3.40. The van der Waals surface area contributed by atoms with Crippen molar-refractivity contribution >= 4 is 50.9 Å². The standard InChI is InChI=1S/2C13H13.2CH3.Hf.H8Si5/c2*1-9-7-11-3-2-4-12(10-5-6-10)13(11)8-9;;;;1-2-4-5-3-1/h2*2-4,7-8,10H,5-6H2,1H3;2*1H3;;1-4H2. The van der Waals surface area contributed by atoms with Gasteiger partial charge < -0.3 is 0 Å². The summed E-state index contributed by atoms with van der Waals surface area (Å²) in [7, 11) is 1.77. The first-order valence-corrected chi connectivity index (χ1v) is 48.9. The van der Waals surface area contributed by atoms with Crippen molar-refractivity contribution in [2.45, 2.75) is 68.1 Å². The van der Waals surface area contributed by atoms with E-state index in [0.717, 1.165) is 19.2 Å². The molecule has 1 aliphatic heterocycles. The molecule has 7 rings (SSSR count). The van der Waals surface area contributed by atoms with Gasteiger partial charge in [0.25, 0.3) is 0 Å². The van der Waals surface area contributed by atoms with Gasteiger partial charge in [0.1, 0.15) is 0 Å². The van der Waals surface area contributed by atoms with Gasteiger partial charge in [-0.3, -0.25) is 0 Å². The van der Waals surface area contributed by atoms with Gasteiger partial charge in [-0.15, -0.1) is 0 Å². The Morgan fingerprint density at radius 1 is 0.676 bits per heavy atom. The van der Waals surface area contributed by atoms with E-state index >= 15 is 0 Å². The van der Waals surface area contributed by atoms with Crippen LogP contribution in [0.4, 0.5) is 0 Å². The van der Waals surface area contributed by atoms with Crippen LogP contribution in [0, 0.1) is 0 Å². The van der Waals surface area contributed by atoms with Gasteiger partial charge >= 0.3 is 217 Å². The van der Waals surface area contributed by atoms with Crippen LogP contribution in [-0.2, 0) is 17.1 Å². The second kappa shape index (κ2) is 7.94. The van der Waals surface area contributed by atoms with Gasteiger partial charge in [-0.1, -0.05) is 0 Å². The van der Waals surface area contributed by atoms with Crippen LogP contribution in [0.25, 0.3) is 12.2 Å². The van der Waals surface area contributed by atoms with Crippen molar-refractivity contribution in [1.29, 1.82) is 0 Å². The molecule has 0 bridgehead atoms. The summed E-state index contributed by atoms with van der Waals surface area (Å²) >= 11 is -3.40. The molecular weight excluding hydrogens is 655 g/mol. The zero-order valence-electron chi connectivity index (χ0n) is 21.6. The van der Waals surface area contributed by atoms with Crippen LogP contribution in [-0.4, -0.2) is 38.7 Å². The number of hydrogen-bond donors (Lipinski definition) is 0. The molecule has 3 fully saturated rings. The van der Waals surface area contributed by atoms with Gasteiger partial charge in [0.15, 0.2) is 0 Å². The molecule has 6 heteroatoms. The molecule has 0 radical (unpaired) electrons. The third-order valence-electron chi connectivity index (χ3n) is 10.8. The summed E-state index contributed by atoms with van der Waals surface area (Å²) in [5, 5.41) is 0. The predicted octanol–water partition coefficient (Wildman–Crippen LogP) is 4.26. The molecule has 2 saturated carbocycles. The van der Waals surface area contributed by atoms with Gasteiger partial charge in [-0.25, -0.2) is 0 Å². The van der Waals surface area contributed by atoms with E-state index in [1.807, 2.05) is 11.1 Å². The fourth-order valence-electron chi connectivity index (χ4n) is 9.18.